The molecular formula is C19H20FNO. The van der Waals surface area contributed by atoms with Gasteiger partial charge >= 0.3 is 0 Å². The monoisotopic (exact) mass is 297 g/mol. The molecule has 3 rings (SSSR count). The number of carbonyl (C=O) groups is 1. The second-order valence-electron chi connectivity index (χ2n) is 6.51. The van der Waals surface area contributed by atoms with Gasteiger partial charge in [-0.05, 0) is 43.5 Å². The molecule has 2 aromatic carbocycles. The van der Waals surface area contributed by atoms with Crippen molar-refractivity contribution in [3.63, 3.8) is 0 Å². The maximum atomic E-state index is 13.2. The minimum Gasteiger partial charge on any atom is -0.350 e. The molecule has 3 heteroatoms. The number of hydrogen-bond donors (Lipinski definition) is 1. The molecule has 1 heterocycles. The molecule has 0 spiro atoms. The minimum absolute atomic E-state index is 0.0644. The Hall–Kier alpha value is -2.16. The van der Waals surface area contributed by atoms with Crippen molar-refractivity contribution < 1.29 is 9.18 Å². The zero-order valence-corrected chi connectivity index (χ0v) is 12.8. The van der Waals surface area contributed by atoms with Crippen LogP contribution in [0.3, 0.4) is 0 Å². The van der Waals surface area contributed by atoms with Crippen LogP contribution in [0.1, 0.15) is 43.2 Å². The molecule has 2 atom stereocenters. The van der Waals surface area contributed by atoms with Gasteiger partial charge in [-0.25, -0.2) is 4.39 Å². The first-order valence-corrected chi connectivity index (χ1v) is 7.60. The molecule has 2 aromatic rings. The molecule has 2 unspecified atom stereocenters. The Morgan fingerprint density at radius 1 is 1.00 bits per heavy atom. The summed E-state index contributed by atoms with van der Waals surface area (Å²) in [5.41, 5.74) is 1.75. The lowest BCUT2D eigenvalue weighted by Crippen LogP contribution is -2.54. The van der Waals surface area contributed by atoms with E-state index in [4.69, 9.17) is 0 Å². The first-order valence-electron chi connectivity index (χ1n) is 7.60. The molecule has 114 valence electrons. The number of rotatable bonds is 2. The van der Waals surface area contributed by atoms with E-state index in [0.29, 0.717) is 0 Å². The van der Waals surface area contributed by atoms with E-state index in [1.807, 2.05) is 56.3 Å². The molecule has 1 aliphatic rings. The lowest BCUT2D eigenvalue weighted by Gasteiger charge is -2.43. The molecule has 1 saturated heterocycles. The summed E-state index contributed by atoms with van der Waals surface area (Å²) in [4.78, 5) is 12.5. The molecule has 1 fully saturated rings. The van der Waals surface area contributed by atoms with Crippen LogP contribution >= 0.6 is 0 Å². The van der Waals surface area contributed by atoms with Gasteiger partial charge in [-0.2, -0.15) is 0 Å². The smallest absolute Gasteiger partial charge is 0.227 e. The van der Waals surface area contributed by atoms with Crippen molar-refractivity contribution in [3.8, 4) is 0 Å². The van der Waals surface area contributed by atoms with Crippen LogP contribution in [0.15, 0.2) is 54.6 Å². The van der Waals surface area contributed by atoms with Crippen molar-refractivity contribution in [1.29, 1.82) is 0 Å². The third-order valence-corrected chi connectivity index (χ3v) is 4.58. The van der Waals surface area contributed by atoms with E-state index in [1.165, 1.54) is 12.1 Å². The maximum Gasteiger partial charge on any atom is 0.227 e. The third-order valence-electron chi connectivity index (χ3n) is 4.58. The predicted molar refractivity (Wildman–Crippen MR) is 85.2 cm³/mol. The highest BCUT2D eigenvalue weighted by atomic mass is 19.1. The topological polar surface area (TPSA) is 29.1 Å². The number of halogens is 1. The van der Waals surface area contributed by atoms with Gasteiger partial charge in [0.15, 0.2) is 0 Å². The van der Waals surface area contributed by atoms with Gasteiger partial charge < -0.3 is 5.32 Å². The zero-order chi connectivity index (χ0) is 15.7. The fourth-order valence-electron chi connectivity index (χ4n) is 3.35. The van der Waals surface area contributed by atoms with Crippen molar-refractivity contribution >= 4 is 5.91 Å². The van der Waals surface area contributed by atoms with Crippen molar-refractivity contribution in [1.82, 2.24) is 5.32 Å². The summed E-state index contributed by atoms with van der Waals surface area (Å²) in [6, 6.07) is 16.5. The molecule has 1 amide bonds. The fraction of sp³-hybridized carbons (Fsp3) is 0.316. The molecule has 1 aliphatic heterocycles. The third kappa shape index (κ3) is 2.76. The maximum absolute atomic E-state index is 13.2. The highest BCUT2D eigenvalue weighted by molar-refractivity contribution is 5.85. The van der Waals surface area contributed by atoms with Crippen LogP contribution < -0.4 is 5.32 Å². The number of benzene rings is 2. The van der Waals surface area contributed by atoms with Gasteiger partial charge in [0.25, 0.3) is 0 Å². The highest BCUT2D eigenvalue weighted by Crippen LogP contribution is 2.41. The van der Waals surface area contributed by atoms with E-state index in [1.54, 1.807) is 0 Å². The minimum atomic E-state index is -0.347. The second kappa shape index (κ2) is 5.56. The quantitative estimate of drug-likeness (QED) is 0.892. The lowest BCUT2D eigenvalue weighted by atomic mass is 9.71. The Balaban J connectivity index is 1.94. The summed E-state index contributed by atoms with van der Waals surface area (Å²) in [5.74, 6) is -0.184. The Kier molecular flexibility index (Phi) is 3.73. The van der Waals surface area contributed by atoms with E-state index in [9.17, 15) is 9.18 Å². The fourth-order valence-corrected chi connectivity index (χ4v) is 3.35. The summed E-state index contributed by atoms with van der Waals surface area (Å²) < 4.78 is 13.2. The second-order valence-corrected chi connectivity index (χ2v) is 6.51. The zero-order valence-electron chi connectivity index (χ0n) is 12.8. The van der Waals surface area contributed by atoms with Crippen LogP contribution in [0.5, 0.6) is 0 Å². The van der Waals surface area contributed by atoms with Crippen LogP contribution in [0.4, 0.5) is 4.39 Å². The van der Waals surface area contributed by atoms with Crippen LogP contribution in [-0.2, 0) is 4.79 Å². The molecule has 0 aliphatic carbocycles. The van der Waals surface area contributed by atoms with Crippen molar-refractivity contribution in [2.24, 2.45) is 0 Å². The van der Waals surface area contributed by atoms with Gasteiger partial charge in [-0.3, -0.25) is 4.79 Å². The molecule has 0 saturated carbocycles. The van der Waals surface area contributed by atoms with E-state index in [-0.39, 0.29) is 29.1 Å². The molecule has 0 radical (unpaired) electrons. The van der Waals surface area contributed by atoms with E-state index >= 15 is 0 Å². The molecule has 1 N–H and O–H groups in total. The standard InChI is InChI=1S/C19H20FNO/c1-19(2)17(14-8-10-15(20)11-9-14)12-16(18(22)21-19)13-6-4-3-5-7-13/h3-11,16-17H,12H2,1-2H3,(H,21,22). The summed E-state index contributed by atoms with van der Waals surface area (Å²) in [6.45, 7) is 4.06. The number of amides is 1. The van der Waals surface area contributed by atoms with Gasteiger partial charge in [-0.1, -0.05) is 42.5 Å². The summed E-state index contributed by atoms with van der Waals surface area (Å²) in [5, 5.41) is 3.13. The van der Waals surface area contributed by atoms with Crippen molar-refractivity contribution in [2.75, 3.05) is 0 Å². The Morgan fingerprint density at radius 2 is 1.64 bits per heavy atom. The summed E-state index contributed by atoms with van der Waals surface area (Å²) in [6.07, 6.45) is 0.731. The van der Waals surface area contributed by atoms with E-state index < -0.39 is 0 Å². The average Bonchev–Trinajstić information content (AvgIpc) is 2.49. The number of piperidine rings is 1. The average molecular weight is 297 g/mol. The van der Waals surface area contributed by atoms with Crippen molar-refractivity contribution in [3.05, 3.63) is 71.5 Å². The molecule has 0 bridgehead atoms. The Labute approximate surface area is 130 Å². The largest absolute Gasteiger partial charge is 0.350 e. The predicted octanol–water partition coefficient (Wildman–Crippen LogP) is 3.99. The molecule has 0 aromatic heterocycles. The summed E-state index contributed by atoms with van der Waals surface area (Å²) in [7, 11) is 0. The molecule has 2 nitrogen and oxygen atoms in total. The van der Waals surface area contributed by atoms with Gasteiger partial charge in [0.2, 0.25) is 5.91 Å². The molecule has 22 heavy (non-hydrogen) atoms. The van der Waals surface area contributed by atoms with Gasteiger partial charge in [0.1, 0.15) is 5.82 Å². The van der Waals surface area contributed by atoms with Gasteiger partial charge in [0, 0.05) is 11.5 Å². The van der Waals surface area contributed by atoms with E-state index in [2.05, 4.69) is 5.32 Å². The van der Waals surface area contributed by atoms with Crippen LogP contribution in [0, 0.1) is 5.82 Å². The Morgan fingerprint density at radius 3 is 2.27 bits per heavy atom. The first-order chi connectivity index (χ1) is 10.5. The lowest BCUT2D eigenvalue weighted by molar-refractivity contribution is -0.127. The SMILES string of the molecule is CC1(C)NC(=O)C(c2ccccc2)CC1c1ccc(F)cc1. The normalized spacial score (nSPS) is 23.9. The number of nitrogens with one attached hydrogen (secondary N) is 1. The first kappa shape index (κ1) is 14.8. The highest BCUT2D eigenvalue weighted by Gasteiger charge is 2.41. The van der Waals surface area contributed by atoms with Crippen LogP contribution in [0.25, 0.3) is 0 Å². The van der Waals surface area contributed by atoms with Gasteiger partial charge in [0.05, 0.1) is 5.92 Å². The van der Waals surface area contributed by atoms with Crippen LogP contribution in [-0.4, -0.2) is 11.4 Å². The Bertz CT molecular complexity index is 664. The van der Waals surface area contributed by atoms with Crippen LogP contribution in [0.2, 0.25) is 0 Å². The number of hydrogen-bond acceptors (Lipinski definition) is 1. The van der Waals surface area contributed by atoms with Gasteiger partial charge in [-0.15, -0.1) is 0 Å². The molecular weight excluding hydrogens is 277 g/mol. The number of carbonyl (C=O) groups excluding carboxylic acids is 1. The summed E-state index contributed by atoms with van der Waals surface area (Å²) >= 11 is 0. The van der Waals surface area contributed by atoms with Crippen molar-refractivity contribution in [2.45, 2.75) is 37.6 Å². The van der Waals surface area contributed by atoms with E-state index in [0.717, 1.165) is 17.5 Å².